The van der Waals surface area contributed by atoms with Crippen LogP contribution in [-0.4, -0.2) is 25.7 Å². The van der Waals surface area contributed by atoms with Crippen molar-refractivity contribution in [1.82, 2.24) is 5.32 Å². The summed E-state index contributed by atoms with van der Waals surface area (Å²) in [7, 11) is 0. The van der Waals surface area contributed by atoms with Gasteiger partial charge in [0.1, 0.15) is 0 Å². The summed E-state index contributed by atoms with van der Waals surface area (Å²) in [5.74, 6) is 0.655. The Bertz CT molecular complexity index is 268. The molecular weight excluding hydrogens is 262 g/mol. The smallest absolute Gasteiger partial charge is 0.220 e. The van der Waals surface area contributed by atoms with E-state index in [0.717, 1.165) is 45.4 Å². The third-order valence-electron chi connectivity index (χ3n) is 4.46. The van der Waals surface area contributed by atoms with Crippen LogP contribution in [0, 0.1) is 11.3 Å². The van der Waals surface area contributed by atoms with Crippen molar-refractivity contribution in [2.24, 2.45) is 11.3 Å². The van der Waals surface area contributed by atoms with Crippen molar-refractivity contribution in [2.75, 3.05) is 19.8 Å². The molecule has 2 atom stereocenters. The highest BCUT2D eigenvalue weighted by Gasteiger charge is 2.28. The molecule has 21 heavy (non-hydrogen) atoms. The summed E-state index contributed by atoms with van der Waals surface area (Å²) >= 11 is 0. The van der Waals surface area contributed by atoms with Crippen LogP contribution in [0.25, 0.3) is 0 Å². The molecule has 0 rings (SSSR count). The average Bonchev–Trinajstić information content (AvgIpc) is 2.49. The van der Waals surface area contributed by atoms with Gasteiger partial charge in [-0.1, -0.05) is 53.9 Å². The lowest BCUT2D eigenvalue weighted by Crippen LogP contribution is -2.41. The fourth-order valence-corrected chi connectivity index (χ4v) is 2.42. The molecule has 0 radical (unpaired) electrons. The summed E-state index contributed by atoms with van der Waals surface area (Å²) < 4.78 is 5.82. The van der Waals surface area contributed by atoms with Crippen LogP contribution in [0.5, 0.6) is 0 Å². The number of rotatable bonds is 13. The number of hydrogen-bond donors (Lipinski definition) is 1. The third-order valence-corrected chi connectivity index (χ3v) is 4.46. The highest BCUT2D eigenvalue weighted by molar-refractivity contribution is 5.76. The van der Waals surface area contributed by atoms with Gasteiger partial charge in [0.15, 0.2) is 0 Å². The number of unbranched alkanes of at least 4 members (excludes halogenated alkanes) is 1. The lowest BCUT2D eigenvalue weighted by molar-refractivity contribution is -0.122. The van der Waals surface area contributed by atoms with Crippen LogP contribution in [0.2, 0.25) is 0 Å². The maximum absolute atomic E-state index is 12.0. The van der Waals surface area contributed by atoms with E-state index in [1.165, 1.54) is 12.8 Å². The summed E-state index contributed by atoms with van der Waals surface area (Å²) in [5, 5.41) is 3.16. The predicted octanol–water partition coefficient (Wildman–Crippen LogP) is 4.55. The molecule has 0 aromatic carbocycles. The van der Waals surface area contributed by atoms with Crippen molar-refractivity contribution in [3.63, 3.8) is 0 Å². The van der Waals surface area contributed by atoms with Crippen LogP contribution < -0.4 is 5.32 Å². The minimum atomic E-state index is 0.107. The van der Waals surface area contributed by atoms with E-state index >= 15 is 0 Å². The Morgan fingerprint density at radius 3 is 2.43 bits per heavy atom. The van der Waals surface area contributed by atoms with Gasteiger partial charge in [-0.05, 0) is 25.2 Å². The molecule has 126 valence electrons. The zero-order chi connectivity index (χ0) is 16.1. The first-order chi connectivity index (χ1) is 10.0. The molecule has 1 amide bonds. The van der Waals surface area contributed by atoms with Gasteiger partial charge in [-0.15, -0.1) is 0 Å². The molecule has 3 nitrogen and oxygen atoms in total. The van der Waals surface area contributed by atoms with Crippen molar-refractivity contribution in [1.29, 1.82) is 0 Å². The van der Waals surface area contributed by atoms with Crippen LogP contribution in [0.4, 0.5) is 0 Å². The molecule has 0 fully saturated rings. The molecule has 3 heteroatoms. The molecule has 0 bridgehead atoms. The fraction of sp³-hybridized carbons (Fsp3) is 0.944. The van der Waals surface area contributed by atoms with Crippen molar-refractivity contribution in [3.8, 4) is 0 Å². The Morgan fingerprint density at radius 2 is 1.90 bits per heavy atom. The summed E-state index contributed by atoms with van der Waals surface area (Å²) in [4.78, 5) is 12.0. The van der Waals surface area contributed by atoms with Crippen molar-refractivity contribution < 1.29 is 9.53 Å². The number of ether oxygens (including phenoxy) is 1. The Hall–Kier alpha value is -0.570. The first kappa shape index (κ1) is 20.4. The molecular formula is C18H37NO2. The second-order valence-corrected chi connectivity index (χ2v) is 6.50. The highest BCUT2D eigenvalue weighted by Crippen LogP contribution is 2.29. The van der Waals surface area contributed by atoms with Gasteiger partial charge in [-0.3, -0.25) is 4.79 Å². The molecule has 0 spiro atoms. The van der Waals surface area contributed by atoms with Crippen molar-refractivity contribution >= 4 is 5.91 Å². The molecule has 0 aliphatic carbocycles. The highest BCUT2D eigenvalue weighted by atomic mass is 16.5. The first-order valence-corrected chi connectivity index (χ1v) is 8.88. The monoisotopic (exact) mass is 299 g/mol. The van der Waals surface area contributed by atoms with Gasteiger partial charge in [0.2, 0.25) is 5.91 Å². The Kier molecular flexibility index (Phi) is 11.7. The summed E-state index contributed by atoms with van der Waals surface area (Å²) in [5.41, 5.74) is 0.107. The standard InChI is InChI=1S/C18H37NO2/c1-6-10-11-18(9-4,15-21-12-7-2)14-19-17(20)13-16(5)8-3/h16H,6-15H2,1-5H3,(H,19,20). The molecule has 0 saturated heterocycles. The Morgan fingerprint density at radius 1 is 1.19 bits per heavy atom. The summed E-state index contributed by atoms with van der Waals surface area (Å²) in [6.07, 6.45) is 7.32. The van der Waals surface area contributed by atoms with Gasteiger partial charge in [0.25, 0.3) is 0 Å². The fourth-order valence-electron chi connectivity index (χ4n) is 2.42. The van der Waals surface area contributed by atoms with E-state index < -0.39 is 0 Å². The lowest BCUT2D eigenvalue weighted by atomic mass is 9.80. The van der Waals surface area contributed by atoms with E-state index in [1.807, 2.05) is 0 Å². The predicted molar refractivity (Wildman–Crippen MR) is 90.4 cm³/mol. The molecule has 0 heterocycles. The van der Waals surface area contributed by atoms with Gasteiger partial charge in [-0.25, -0.2) is 0 Å². The minimum Gasteiger partial charge on any atom is -0.381 e. The van der Waals surface area contributed by atoms with E-state index in [9.17, 15) is 4.79 Å². The van der Waals surface area contributed by atoms with Gasteiger partial charge in [0, 0.05) is 25.0 Å². The van der Waals surface area contributed by atoms with Crippen molar-refractivity contribution in [3.05, 3.63) is 0 Å². The SMILES string of the molecule is CCCCC(CC)(CNC(=O)CC(C)CC)COCCC. The van der Waals surface area contributed by atoms with E-state index in [4.69, 9.17) is 4.74 Å². The number of nitrogens with one attached hydrogen (secondary N) is 1. The zero-order valence-corrected chi connectivity index (χ0v) is 15.0. The van der Waals surface area contributed by atoms with Gasteiger partial charge >= 0.3 is 0 Å². The second kappa shape index (κ2) is 12.0. The van der Waals surface area contributed by atoms with E-state index in [0.29, 0.717) is 12.3 Å². The first-order valence-electron chi connectivity index (χ1n) is 8.88. The van der Waals surface area contributed by atoms with E-state index in [2.05, 4.69) is 39.9 Å². The van der Waals surface area contributed by atoms with Gasteiger partial charge in [0.05, 0.1) is 6.61 Å². The minimum absolute atomic E-state index is 0.107. The molecule has 0 aliphatic heterocycles. The van der Waals surface area contributed by atoms with Gasteiger partial charge < -0.3 is 10.1 Å². The van der Waals surface area contributed by atoms with E-state index in [-0.39, 0.29) is 11.3 Å². The van der Waals surface area contributed by atoms with Crippen molar-refractivity contribution in [2.45, 2.75) is 79.6 Å². The second-order valence-electron chi connectivity index (χ2n) is 6.50. The molecule has 0 aromatic heterocycles. The Labute approximate surface area is 132 Å². The largest absolute Gasteiger partial charge is 0.381 e. The van der Waals surface area contributed by atoms with Crippen LogP contribution in [-0.2, 0) is 9.53 Å². The maximum Gasteiger partial charge on any atom is 0.220 e. The van der Waals surface area contributed by atoms with Crippen LogP contribution in [0.15, 0.2) is 0 Å². The average molecular weight is 299 g/mol. The lowest BCUT2D eigenvalue weighted by Gasteiger charge is -2.33. The maximum atomic E-state index is 12.0. The van der Waals surface area contributed by atoms with Gasteiger partial charge in [-0.2, -0.15) is 0 Å². The molecule has 0 saturated carbocycles. The van der Waals surface area contributed by atoms with E-state index in [1.54, 1.807) is 0 Å². The quantitative estimate of drug-likeness (QED) is 0.507. The van der Waals surface area contributed by atoms with Crippen LogP contribution in [0.1, 0.15) is 79.6 Å². The zero-order valence-electron chi connectivity index (χ0n) is 15.0. The molecule has 0 aliphatic rings. The van der Waals surface area contributed by atoms with Crippen LogP contribution in [0.3, 0.4) is 0 Å². The molecule has 1 N–H and O–H groups in total. The number of carbonyl (C=O) groups excluding carboxylic acids is 1. The summed E-state index contributed by atoms with van der Waals surface area (Å²) in [6, 6.07) is 0. The topological polar surface area (TPSA) is 38.3 Å². The Balaban J connectivity index is 4.45. The number of carbonyl (C=O) groups is 1. The van der Waals surface area contributed by atoms with Crippen LogP contribution >= 0.6 is 0 Å². The number of hydrogen-bond acceptors (Lipinski definition) is 2. The third kappa shape index (κ3) is 9.13. The molecule has 0 aromatic rings. The molecule has 2 unspecified atom stereocenters. The number of amides is 1. The summed E-state index contributed by atoms with van der Waals surface area (Å²) in [6.45, 7) is 13.2. The normalized spacial score (nSPS) is 15.5.